The monoisotopic (exact) mass is 477 g/mol. The van der Waals surface area contributed by atoms with E-state index in [2.05, 4.69) is 20.9 Å². The standard InChI is InChI=1S/C24H17Cl2N5O2/c25-18-11-12-20(26)21(13-18)28-23(32)24(33)29-27-14-17-15-31(19-9-5-2-6-10-19)30-22(17)16-7-3-1-4-8-16/h1-15H,(H,28,32)(H,29,33)/b27-14-. The highest BCUT2D eigenvalue weighted by atomic mass is 35.5. The smallest absolute Gasteiger partial charge is 0.316 e. The molecule has 33 heavy (non-hydrogen) atoms. The summed E-state index contributed by atoms with van der Waals surface area (Å²) in [5.41, 5.74) is 5.53. The van der Waals surface area contributed by atoms with Gasteiger partial charge in [0.25, 0.3) is 0 Å². The van der Waals surface area contributed by atoms with Crippen LogP contribution in [0, 0.1) is 0 Å². The molecule has 2 amide bonds. The van der Waals surface area contributed by atoms with Gasteiger partial charge in [-0.1, -0.05) is 71.7 Å². The summed E-state index contributed by atoms with van der Waals surface area (Å²) >= 11 is 11.9. The first-order chi connectivity index (χ1) is 16.0. The summed E-state index contributed by atoms with van der Waals surface area (Å²) < 4.78 is 1.72. The van der Waals surface area contributed by atoms with Crippen molar-refractivity contribution in [3.8, 4) is 16.9 Å². The van der Waals surface area contributed by atoms with Crippen LogP contribution >= 0.6 is 23.2 Å². The van der Waals surface area contributed by atoms with Crippen LogP contribution in [-0.4, -0.2) is 27.8 Å². The Kier molecular flexibility index (Phi) is 6.83. The molecule has 0 fully saturated rings. The second kappa shape index (κ2) is 10.1. The molecule has 0 aliphatic rings. The molecule has 2 N–H and O–H groups in total. The van der Waals surface area contributed by atoms with Crippen molar-refractivity contribution in [2.45, 2.75) is 0 Å². The predicted octanol–water partition coefficient (Wildman–Crippen LogP) is 4.93. The second-order valence-corrected chi connectivity index (χ2v) is 7.70. The zero-order valence-corrected chi connectivity index (χ0v) is 18.6. The summed E-state index contributed by atoms with van der Waals surface area (Å²) in [5.74, 6) is -1.89. The number of nitrogens with one attached hydrogen (secondary N) is 2. The van der Waals surface area contributed by atoms with Gasteiger partial charge in [0.2, 0.25) is 0 Å². The van der Waals surface area contributed by atoms with Crippen LogP contribution in [0.1, 0.15) is 5.56 Å². The van der Waals surface area contributed by atoms with Crippen LogP contribution in [0.4, 0.5) is 5.69 Å². The van der Waals surface area contributed by atoms with E-state index in [9.17, 15) is 9.59 Å². The number of rotatable bonds is 5. The molecule has 0 atom stereocenters. The van der Waals surface area contributed by atoms with E-state index >= 15 is 0 Å². The first-order valence-electron chi connectivity index (χ1n) is 9.81. The van der Waals surface area contributed by atoms with E-state index in [4.69, 9.17) is 23.2 Å². The molecule has 0 spiro atoms. The van der Waals surface area contributed by atoms with Crippen LogP contribution in [-0.2, 0) is 9.59 Å². The van der Waals surface area contributed by atoms with Gasteiger partial charge < -0.3 is 5.32 Å². The van der Waals surface area contributed by atoms with Crippen LogP contribution in [0.25, 0.3) is 16.9 Å². The number of hydrogen-bond donors (Lipinski definition) is 2. The number of anilines is 1. The zero-order chi connectivity index (χ0) is 23.2. The number of halogens is 2. The fourth-order valence-electron chi connectivity index (χ4n) is 3.00. The van der Waals surface area contributed by atoms with E-state index in [0.29, 0.717) is 16.3 Å². The highest BCUT2D eigenvalue weighted by molar-refractivity contribution is 6.42. The van der Waals surface area contributed by atoms with Gasteiger partial charge in [-0.25, -0.2) is 10.1 Å². The Balaban J connectivity index is 1.52. The molecule has 1 heterocycles. The number of carbonyl (C=O) groups is 2. The molecular weight excluding hydrogens is 461 g/mol. The van der Waals surface area contributed by atoms with Crippen LogP contribution in [0.15, 0.2) is 90.2 Å². The maximum Gasteiger partial charge on any atom is 0.329 e. The number of amides is 2. The number of nitrogens with zero attached hydrogens (tertiary/aromatic N) is 3. The summed E-state index contributed by atoms with van der Waals surface area (Å²) in [7, 11) is 0. The molecule has 0 saturated heterocycles. The van der Waals surface area contributed by atoms with Crippen molar-refractivity contribution >= 4 is 46.9 Å². The fourth-order valence-corrected chi connectivity index (χ4v) is 3.34. The van der Waals surface area contributed by atoms with Gasteiger partial charge in [-0.05, 0) is 30.3 Å². The quantitative estimate of drug-likeness (QED) is 0.242. The Bertz CT molecular complexity index is 1320. The molecular formula is C24H17Cl2N5O2. The van der Waals surface area contributed by atoms with Gasteiger partial charge >= 0.3 is 11.8 Å². The van der Waals surface area contributed by atoms with Gasteiger partial charge in [-0.3, -0.25) is 9.59 Å². The van der Waals surface area contributed by atoms with Gasteiger partial charge in [-0.2, -0.15) is 10.2 Å². The molecule has 4 rings (SSSR count). The van der Waals surface area contributed by atoms with E-state index in [1.165, 1.54) is 18.3 Å². The lowest BCUT2D eigenvalue weighted by molar-refractivity contribution is -0.136. The van der Waals surface area contributed by atoms with Crippen molar-refractivity contribution < 1.29 is 9.59 Å². The van der Waals surface area contributed by atoms with Crippen molar-refractivity contribution in [2.24, 2.45) is 5.10 Å². The summed E-state index contributed by atoms with van der Waals surface area (Å²) in [6.45, 7) is 0. The molecule has 0 bridgehead atoms. The van der Waals surface area contributed by atoms with Crippen molar-refractivity contribution in [3.63, 3.8) is 0 Å². The van der Waals surface area contributed by atoms with Crippen LogP contribution in [0.5, 0.6) is 0 Å². The highest BCUT2D eigenvalue weighted by Gasteiger charge is 2.15. The molecule has 0 radical (unpaired) electrons. The molecule has 0 aliphatic carbocycles. The van der Waals surface area contributed by atoms with Gasteiger partial charge in [0.15, 0.2) is 0 Å². The van der Waals surface area contributed by atoms with Gasteiger partial charge in [0.05, 0.1) is 22.6 Å². The maximum absolute atomic E-state index is 12.2. The lowest BCUT2D eigenvalue weighted by atomic mass is 10.1. The van der Waals surface area contributed by atoms with E-state index in [1.807, 2.05) is 60.7 Å². The van der Waals surface area contributed by atoms with Gasteiger partial charge in [-0.15, -0.1) is 0 Å². The number of para-hydroxylation sites is 1. The normalized spacial score (nSPS) is 10.8. The molecule has 0 saturated carbocycles. The molecule has 0 aliphatic heterocycles. The SMILES string of the molecule is O=C(N/N=C\c1cn(-c2ccccc2)nc1-c1ccccc1)C(=O)Nc1cc(Cl)ccc1Cl. The van der Waals surface area contributed by atoms with E-state index in [1.54, 1.807) is 16.9 Å². The Morgan fingerprint density at radius 3 is 2.33 bits per heavy atom. The van der Waals surface area contributed by atoms with Gasteiger partial charge in [0.1, 0.15) is 5.69 Å². The number of hydrazone groups is 1. The lowest BCUT2D eigenvalue weighted by Gasteiger charge is -2.06. The predicted molar refractivity (Wildman–Crippen MR) is 130 cm³/mol. The Labute approximate surface area is 199 Å². The maximum atomic E-state index is 12.2. The molecule has 164 valence electrons. The molecule has 3 aromatic carbocycles. The summed E-state index contributed by atoms with van der Waals surface area (Å²) in [6, 6.07) is 23.7. The Morgan fingerprint density at radius 1 is 0.909 bits per heavy atom. The van der Waals surface area contributed by atoms with Crippen molar-refractivity contribution in [1.29, 1.82) is 0 Å². The summed E-state index contributed by atoms with van der Waals surface area (Å²) in [6.07, 6.45) is 3.23. The zero-order valence-electron chi connectivity index (χ0n) is 17.1. The first-order valence-corrected chi connectivity index (χ1v) is 10.6. The van der Waals surface area contributed by atoms with Crippen LogP contribution in [0.3, 0.4) is 0 Å². The molecule has 4 aromatic rings. The fraction of sp³-hybridized carbons (Fsp3) is 0. The molecule has 9 heteroatoms. The third-order valence-electron chi connectivity index (χ3n) is 4.56. The topological polar surface area (TPSA) is 88.4 Å². The van der Waals surface area contributed by atoms with Crippen molar-refractivity contribution in [1.82, 2.24) is 15.2 Å². The summed E-state index contributed by atoms with van der Waals surface area (Å²) in [4.78, 5) is 24.4. The average Bonchev–Trinajstić information content (AvgIpc) is 3.26. The van der Waals surface area contributed by atoms with E-state index in [0.717, 1.165) is 11.3 Å². The largest absolute Gasteiger partial charge is 0.329 e. The third kappa shape index (κ3) is 5.46. The minimum absolute atomic E-state index is 0.226. The minimum Gasteiger partial charge on any atom is -0.316 e. The number of benzene rings is 3. The van der Waals surface area contributed by atoms with Crippen LogP contribution < -0.4 is 10.7 Å². The van der Waals surface area contributed by atoms with Crippen molar-refractivity contribution in [3.05, 3.63) is 101 Å². The number of hydrogen-bond acceptors (Lipinski definition) is 4. The highest BCUT2D eigenvalue weighted by Crippen LogP contribution is 2.25. The van der Waals surface area contributed by atoms with E-state index < -0.39 is 11.8 Å². The first kappa shape index (κ1) is 22.3. The Morgan fingerprint density at radius 2 is 1.61 bits per heavy atom. The average molecular weight is 478 g/mol. The summed E-state index contributed by atoms with van der Waals surface area (Å²) in [5, 5.41) is 11.6. The minimum atomic E-state index is -0.959. The van der Waals surface area contributed by atoms with Crippen molar-refractivity contribution in [2.75, 3.05) is 5.32 Å². The van der Waals surface area contributed by atoms with Crippen LogP contribution in [0.2, 0.25) is 10.0 Å². The second-order valence-electron chi connectivity index (χ2n) is 6.86. The molecule has 7 nitrogen and oxygen atoms in total. The molecule has 1 aromatic heterocycles. The lowest BCUT2D eigenvalue weighted by Crippen LogP contribution is -2.32. The third-order valence-corrected chi connectivity index (χ3v) is 5.13. The van der Waals surface area contributed by atoms with E-state index in [-0.39, 0.29) is 10.7 Å². The Hall–Kier alpha value is -3.94. The number of aromatic nitrogens is 2. The molecule has 0 unspecified atom stereocenters. The van der Waals surface area contributed by atoms with Gasteiger partial charge in [0, 0.05) is 22.3 Å². The number of carbonyl (C=O) groups excluding carboxylic acids is 2.